The number of benzene rings is 1. The summed E-state index contributed by atoms with van der Waals surface area (Å²) in [6.07, 6.45) is 3.77. The van der Waals surface area contributed by atoms with Crippen molar-refractivity contribution in [2.24, 2.45) is 5.92 Å². The molecule has 3 rings (SSSR count). The summed E-state index contributed by atoms with van der Waals surface area (Å²) in [5.74, 6) is 2.49. The molecule has 2 heteroatoms. The molecule has 1 aromatic carbocycles. The molecule has 15 heavy (non-hydrogen) atoms. The van der Waals surface area contributed by atoms with Crippen LogP contribution in [0.1, 0.15) is 24.0 Å². The molecule has 0 aliphatic heterocycles. The number of rotatable bonds is 2. The van der Waals surface area contributed by atoms with E-state index in [1.54, 1.807) is 7.11 Å². The Morgan fingerprint density at radius 1 is 1.53 bits per heavy atom. The van der Waals surface area contributed by atoms with Gasteiger partial charge in [-0.2, -0.15) is 0 Å². The zero-order valence-corrected chi connectivity index (χ0v) is 9.68. The third-order valence-corrected chi connectivity index (χ3v) is 4.48. The fourth-order valence-electron chi connectivity index (χ4n) is 3.08. The molecule has 0 heterocycles. The topological polar surface area (TPSA) is 9.23 Å². The van der Waals surface area contributed by atoms with E-state index in [2.05, 4.69) is 18.2 Å². The Hall–Kier alpha value is -0.690. The number of hydrogen-bond donors (Lipinski definition) is 0. The van der Waals surface area contributed by atoms with Crippen LogP contribution in [0.25, 0.3) is 0 Å². The zero-order valence-electron chi connectivity index (χ0n) is 8.92. The lowest BCUT2D eigenvalue weighted by Gasteiger charge is -2.11. The lowest BCUT2D eigenvalue weighted by Crippen LogP contribution is -2.05. The molecule has 0 saturated heterocycles. The van der Waals surface area contributed by atoms with Gasteiger partial charge in [0.15, 0.2) is 0 Å². The van der Waals surface area contributed by atoms with Gasteiger partial charge in [0.2, 0.25) is 0 Å². The lowest BCUT2D eigenvalue weighted by molar-refractivity contribution is 0.413. The highest BCUT2D eigenvalue weighted by molar-refractivity contribution is 6.18. The highest BCUT2D eigenvalue weighted by Crippen LogP contribution is 2.62. The van der Waals surface area contributed by atoms with Gasteiger partial charge in [-0.15, -0.1) is 11.6 Å². The highest BCUT2D eigenvalue weighted by atomic mass is 35.5. The first-order valence-corrected chi connectivity index (χ1v) is 6.07. The van der Waals surface area contributed by atoms with Crippen LogP contribution in [0.5, 0.6) is 5.75 Å². The van der Waals surface area contributed by atoms with Gasteiger partial charge in [-0.3, -0.25) is 0 Å². The van der Waals surface area contributed by atoms with Crippen LogP contribution in [-0.4, -0.2) is 13.0 Å². The molecule has 0 amide bonds. The van der Waals surface area contributed by atoms with Crippen molar-refractivity contribution in [1.29, 1.82) is 0 Å². The van der Waals surface area contributed by atoms with Crippen LogP contribution in [0, 0.1) is 5.92 Å². The first-order valence-electron chi connectivity index (χ1n) is 5.53. The summed E-state index contributed by atoms with van der Waals surface area (Å²) >= 11 is 5.98. The minimum absolute atomic E-state index is 0.422. The Labute approximate surface area is 95.4 Å². The second-order valence-electron chi connectivity index (χ2n) is 4.73. The molecule has 1 saturated carbocycles. The molecule has 1 fully saturated rings. The number of fused-ring (bicyclic) bond motifs is 2. The van der Waals surface area contributed by atoms with E-state index in [1.807, 2.05) is 0 Å². The summed E-state index contributed by atoms with van der Waals surface area (Å²) in [6.45, 7) is 0. The number of halogens is 1. The average molecular weight is 223 g/mol. The van der Waals surface area contributed by atoms with E-state index in [-0.39, 0.29) is 0 Å². The SMILES string of the molecule is COc1ccc2c(c1)C1(CC2)CC1CCl. The fourth-order valence-corrected chi connectivity index (χ4v) is 3.48. The summed E-state index contributed by atoms with van der Waals surface area (Å²) < 4.78 is 5.30. The molecule has 80 valence electrons. The Balaban J connectivity index is 2.02. The van der Waals surface area contributed by atoms with Crippen LogP contribution in [0.3, 0.4) is 0 Å². The minimum atomic E-state index is 0.422. The van der Waals surface area contributed by atoms with Gasteiger partial charge in [0.1, 0.15) is 5.75 Å². The van der Waals surface area contributed by atoms with Gasteiger partial charge in [-0.1, -0.05) is 6.07 Å². The second-order valence-corrected chi connectivity index (χ2v) is 5.04. The van der Waals surface area contributed by atoms with Crippen LogP contribution in [0.2, 0.25) is 0 Å². The summed E-state index contributed by atoms with van der Waals surface area (Å²) in [7, 11) is 1.73. The highest BCUT2D eigenvalue weighted by Gasteiger charge is 2.57. The van der Waals surface area contributed by atoms with Crippen molar-refractivity contribution in [1.82, 2.24) is 0 Å². The molecule has 0 radical (unpaired) electrons. The maximum atomic E-state index is 5.98. The van der Waals surface area contributed by atoms with E-state index in [0.29, 0.717) is 11.3 Å². The Kier molecular flexibility index (Phi) is 2.00. The predicted octanol–water partition coefficient (Wildman–Crippen LogP) is 3.14. The Morgan fingerprint density at radius 3 is 3.07 bits per heavy atom. The molecule has 2 atom stereocenters. The number of ether oxygens (including phenoxy) is 1. The van der Waals surface area contributed by atoms with Crippen molar-refractivity contribution < 1.29 is 4.74 Å². The lowest BCUT2D eigenvalue weighted by atomic mass is 9.96. The van der Waals surface area contributed by atoms with Gasteiger partial charge >= 0.3 is 0 Å². The molecular formula is C13H15ClO. The van der Waals surface area contributed by atoms with Gasteiger partial charge in [0, 0.05) is 11.3 Å². The molecule has 1 spiro atoms. The van der Waals surface area contributed by atoms with Crippen LogP contribution in [-0.2, 0) is 11.8 Å². The Bertz CT molecular complexity index is 402. The smallest absolute Gasteiger partial charge is 0.119 e. The molecule has 0 bridgehead atoms. The molecule has 0 N–H and O–H groups in total. The second kappa shape index (κ2) is 3.15. The first kappa shape index (κ1) is 9.53. The molecular weight excluding hydrogens is 208 g/mol. The number of methoxy groups -OCH3 is 1. The van der Waals surface area contributed by atoms with Crippen LogP contribution in [0.15, 0.2) is 18.2 Å². The minimum Gasteiger partial charge on any atom is -0.497 e. The van der Waals surface area contributed by atoms with Crippen LogP contribution < -0.4 is 4.74 Å². The quantitative estimate of drug-likeness (QED) is 0.699. The van der Waals surface area contributed by atoms with Gasteiger partial charge < -0.3 is 4.74 Å². The van der Waals surface area contributed by atoms with E-state index in [9.17, 15) is 0 Å². The van der Waals surface area contributed by atoms with E-state index in [1.165, 1.54) is 30.4 Å². The zero-order chi connectivity index (χ0) is 10.5. The van der Waals surface area contributed by atoms with Crippen LogP contribution >= 0.6 is 11.6 Å². The van der Waals surface area contributed by atoms with E-state index in [0.717, 1.165) is 11.6 Å². The molecule has 2 aliphatic carbocycles. The number of aryl methyl sites for hydroxylation is 1. The summed E-state index contributed by atoms with van der Waals surface area (Å²) in [6, 6.07) is 6.50. The van der Waals surface area contributed by atoms with Gasteiger partial charge in [0.25, 0.3) is 0 Å². The molecule has 2 aliphatic rings. The van der Waals surface area contributed by atoms with E-state index in [4.69, 9.17) is 16.3 Å². The predicted molar refractivity (Wildman–Crippen MR) is 61.8 cm³/mol. The molecule has 2 unspecified atom stereocenters. The summed E-state index contributed by atoms with van der Waals surface area (Å²) in [5.41, 5.74) is 3.43. The van der Waals surface area contributed by atoms with Crippen molar-refractivity contribution >= 4 is 11.6 Å². The van der Waals surface area contributed by atoms with Crippen molar-refractivity contribution in [3.8, 4) is 5.75 Å². The largest absolute Gasteiger partial charge is 0.497 e. The van der Waals surface area contributed by atoms with E-state index < -0.39 is 0 Å². The van der Waals surface area contributed by atoms with Crippen LogP contribution in [0.4, 0.5) is 0 Å². The summed E-state index contributed by atoms with van der Waals surface area (Å²) in [4.78, 5) is 0. The normalized spacial score (nSPS) is 31.7. The van der Waals surface area contributed by atoms with Crippen molar-refractivity contribution in [3.63, 3.8) is 0 Å². The number of hydrogen-bond acceptors (Lipinski definition) is 1. The molecule has 0 aromatic heterocycles. The third-order valence-electron chi connectivity index (χ3n) is 4.11. The molecule has 1 nitrogen and oxygen atoms in total. The van der Waals surface area contributed by atoms with Crippen molar-refractivity contribution in [2.75, 3.05) is 13.0 Å². The van der Waals surface area contributed by atoms with Gasteiger partial charge in [-0.05, 0) is 48.4 Å². The summed E-state index contributed by atoms with van der Waals surface area (Å²) in [5, 5.41) is 0. The van der Waals surface area contributed by atoms with Gasteiger partial charge in [0.05, 0.1) is 7.11 Å². The maximum absolute atomic E-state index is 5.98. The van der Waals surface area contributed by atoms with Crippen molar-refractivity contribution in [2.45, 2.75) is 24.7 Å². The maximum Gasteiger partial charge on any atom is 0.119 e. The Morgan fingerprint density at radius 2 is 2.40 bits per heavy atom. The van der Waals surface area contributed by atoms with Crippen molar-refractivity contribution in [3.05, 3.63) is 29.3 Å². The third kappa shape index (κ3) is 1.22. The van der Waals surface area contributed by atoms with Gasteiger partial charge in [-0.25, -0.2) is 0 Å². The number of alkyl halides is 1. The van der Waals surface area contributed by atoms with E-state index >= 15 is 0 Å². The molecule has 1 aromatic rings. The first-order chi connectivity index (χ1) is 7.30. The standard InChI is InChI=1S/C13H15ClO/c1-15-11-3-2-9-4-5-13(12(9)6-11)7-10(13)8-14/h2-3,6,10H,4-5,7-8H2,1H3. The fraction of sp³-hybridized carbons (Fsp3) is 0.538. The average Bonchev–Trinajstić information content (AvgIpc) is 2.89. The monoisotopic (exact) mass is 222 g/mol.